The summed E-state index contributed by atoms with van der Waals surface area (Å²) >= 11 is 0. The third-order valence-corrected chi connectivity index (χ3v) is 8.96. The molecule has 0 unspecified atom stereocenters. The molecule has 0 bridgehead atoms. The number of aryl methyl sites for hydroxylation is 1. The molecule has 6 rings (SSSR count). The molecule has 3 aromatic rings. The number of esters is 1. The number of nitrogens with one attached hydrogen (secondary N) is 2. The molecule has 13 heteroatoms. The molecule has 2 atom stereocenters. The van der Waals surface area contributed by atoms with E-state index in [9.17, 15) is 14.0 Å². The van der Waals surface area contributed by atoms with Crippen LogP contribution >= 0.6 is 0 Å². The number of hydrogen-bond donors (Lipinski definition) is 2. The average Bonchev–Trinajstić information content (AvgIpc) is 3.64. The van der Waals surface area contributed by atoms with E-state index in [0.717, 1.165) is 29.9 Å². The van der Waals surface area contributed by atoms with Gasteiger partial charge in [-0.05, 0) is 72.0 Å². The molecule has 12 nitrogen and oxygen atoms in total. The van der Waals surface area contributed by atoms with Gasteiger partial charge in [-0.25, -0.2) is 14.2 Å². The number of methoxy groups -OCH3 is 1. The summed E-state index contributed by atoms with van der Waals surface area (Å²) in [6.45, 7) is 10.6. The van der Waals surface area contributed by atoms with Crippen LogP contribution < -0.4 is 25.2 Å². The molecule has 1 saturated carbocycles. The van der Waals surface area contributed by atoms with Crippen LogP contribution in [0.3, 0.4) is 0 Å². The van der Waals surface area contributed by atoms with Gasteiger partial charge in [-0.1, -0.05) is 6.58 Å². The first-order valence-electron chi connectivity index (χ1n) is 16.2. The van der Waals surface area contributed by atoms with Gasteiger partial charge in [0.25, 0.3) is 0 Å². The molecule has 4 heterocycles. The standard InChI is InChI=1S/C35H43FN8O4/c1-8-30(45)39-25-14-26(29(47-7)15-28(25)43-17-22(36)13-23(43)18-42(5)6)40-34-37-16-24(33(46)48-20(2)3)32(41-34)44-19-35(11-12-35)31-27(44)10-9-21(4)38-31/h8-10,14-16,20,22-23H,1,11-13,17-19H2,2-7H3,(H,39,45)(H,37,40,41)/t22-,23+/m0/s1. The van der Waals surface area contributed by atoms with Crippen molar-refractivity contribution in [1.82, 2.24) is 19.9 Å². The molecule has 0 radical (unpaired) electrons. The molecule has 1 saturated heterocycles. The number of amides is 1. The number of alkyl halides is 1. The number of likely N-dealkylation sites (N-methyl/N-ethyl adjacent to an activating group) is 1. The largest absolute Gasteiger partial charge is 0.494 e. The van der Waals surface area contributed by atoms with Crippen LogP contribution in [0.2, 0.25) is 0 Å². The smallest absolute Gasteiger partial charge is 0.343 e. The first kappa shape index (κ1) is 33.1. The zero-order chi connectivity index (χ0) is 34.3. The zero-order valence-electron chi connectivity index (χ0n) is 28.3. The normalized spacial score (nSPS) is 19.1. The third kappa shape index (κ3) is 6.51. The number of carbonyl (C=O) groups excluding carboxylic acids is 2. The molecule has 2 fully saturated rings. The van der Waals surface area contributed by atoms with Crippen molar-refractivity contribution in [3.8, 4) is 5.75 Å². The Morgan fingerprint density at radius 2 is 1.96 bits per heavy atom. The van der Waals surface area contributed by atoms with Crippen molar-refractivity contribution in [2.75, 3.05) is 61.3 Å². The van der Waals surface area contributed by atoms with Crippen molar-refractivity contribution in [2.24, 2.45) is 0 Å². The summed E-state index contributed by atoms with van der Waals surface area (Å²) in [4.78, 5) is 46.2. The molecule has 3 aliphatic rings. The topological polar surface area (TPSA) is 125 Å². The minimum atomic E-state index is -1.01. The monoisotopic (exact) mass is 658 g/mol. The van der Waals surface area contributed by atoms with Crippen LogP contribution in [-0.2, 0) is 14.9 Å². The number of hydrogen-bond acceptors (Lipinski definition) is 11. The highest BCUT2D eigenvalue weighted by Gasteiger charge is 2.54. The van der Waals surface area contributed by atoms with E-state index >= 15 is 0 Å². The van der Waals surface area contributed by atoms with Crippen LogP contribution in [0.1, 0.15) is 54.9 Å². The molecular weight excluding hydrogens is 615 g/mol. The van der Waals surface area contributed by atoms with Crippen molar-refractivity contribution in [1.29, 1.82) is 0 Å². The van der Waals surface area contributed by atoms with Crippen molar-refractivity contribution in [3.05, 3.63) is 60.1 Å². The highest BCUT2D eigenvalue weighted by molar-refractivity contribution is 6.02. The van der Waals surface area contributed by atoms with Crippen molar-refractivity contribution >= 4 is 46.4 Å². The number of halogens is 1. The van der Waals surface area contributed by atoms with Crippen LogP contribution in [0.15, 0.2) is 43.1 Å². The second-order valence-corrected chi connectivity index (χ2v) is 13.4. The maximum atomic E-state index is 14.8. The van der Waals surface area contributed by atoms with Gasteiger partial charge in [0.15, 0.2) is 5.82 Å². The number of benzene rings is 1. The van der Waals surface area contributed by atoms with Gasteiger partial charge in [0.1, 0.15) is 17.5 Å². The quantitative estimate of drug-likeness (QED) is 0.206. The molecular formula is C35H43FN8O4. The van der Waals surface area contributed by atoms with Gasteiger partial charge in [-0.3, -0.25) is 9.78 Å². The van der Waals surface area contributed by atoms with Crippen LogP contribution in [0.5, 0.6) is 5.75 Å². The van der Waals surface area contributed by atoms with E-state index in [0.29, 0.717) is 48.1 Å². The number of pyridine rings is 1. The molecule has 2 aromatic heterocycles. The van der Waals surface area contributed by atoms with Crippen molar-refractivity contribution < 1.29 is 23.5 Å². The van der Waals surface area contributed by atoms with E-state index in [1.165, 1.54) is 19.4 Å². The number of carbonyl (C=O) groups is 2. The zero-order valence-corrected chi connectivity index (χ0v) is 28.3. The third-order valence-electron chi connectivity index (χ3n) is 8.96. The first-order valence-corrected chi connectivity index (χ1v) is 16.2. The number of aromatic nitrogens is 3. The van der Waals surface area contributed by atoms with Crippen LogP contribution in [0.25, 0.3) is 0 Å². The van der Waals surface area contributed by atoms with Gasteiger partial charge in [-0.2, -0.15) is 4.98 Å². The molecule has 48 heavy (non-hydrogen) atoms. The first-order chi connectivity index (χ1) is 22.9. The van der Waals surface area contributed by atoms with E-state index in [1.54, 1.807) is 26.0 Å². The van der Waals surface area contributed by atoms with E-state index in [-0.39, 0.29) is 35.6 Å². The minimum absolute atomic E-state index is 0.0743. The highest BCUT2D eigenvalue weighted by Crippen LogP contribution is 2.57. The summed E-state index contributed by atoms with van der Waals surface area (Å²) < 4.78 is 26.2. The lowest BCUT2D eigenvalue weighted by Gasteiger charge is -2.31. The summed E-state index contributed by atoms with van der Waals surface area (Å²) in [5.41, 5.74) is 4.55. The van der Waals surface area contributed by atoms with Crippen molar-refractivity contribution in [3.63, 3.8) is 0 Å². The summed E-state index contributed by atoms with van der Waals surface area (Å²) in [5, 5.41) is 6.13. The molecule has 1 aliphatic carbocycles. The summed E-state index contributed by atoms with van der Waals surface area (Å²) in [6, 6.07) is 7.36. The predicted molar refractivity (Wildman–Crippen MR) is 184 cm³/mol. The van der Waals surface area contributed by atoms with E-state index < -0.39 is 18.0 Å². The Labute approximate surface area is 280 Å². The lowest BCUT2D eigenvalue weighted by molar-refractivity contribution is -0.111. The average molecular weight is 659 g/mol. The van der Waals surface area contributed by atoms with Crippen LogP contribution in [0.4, 0.5) is 38.9 Å². The van der Waals surface area contributed by atoms with Crippen molar-refractivity contribution in [2.45, 2.75) is 63.8 Å². The minimum Gasteiger partial charge on any atom is -0.494 e. The summed E-state index contributed by atoms with van der Waals surface area (Å²) in [5.74, 6) is 0.105. The van der Waals surface area contributed by atoms with E-state index in [4.69, 9.17) is 19.4 Å². The number of nitrogens with zero attached hydrogens (tertiary/aromatic N) is 6. The Morgan fingerprint density at radius 3 is 2.62 bits per heavy atom. The number of fused-ring (bicyclic) bond motifs is 2. The summed E-state index contributed by atoms with van der Waals surface area (Å²) in [6.07, 6.45) is 3.68. The number of ether oxygens (including phenoxy) is 2. The van der Waals surface area contributed by atoms with E-state index in [2.05, 4.69) is 22.2 Å². The van der Waals surface area contributed by atoms with Gasteiger partial charge < -0.3 is 34.8 Å². The van der Waals surface area contributed by atoms with Gasteiger partial charge in [0.05, 0.1) is 41.7 Å². The van der Waals surface area contributed by atoms with Gasteiger partial charge in [0.2, 0.25) is 11.9 Å². The Bertz CT molecular complexity index is 1740. The lowest BCUT2D eigenvalue weighted by Crippen LogP contribution is -2.38. The van der Waals surface area contributed by atoms with Gasteiger partial charge in [0, 0.05) is 55.5 Å². The number of anilines is 6. The summed E-state index contributed by atoms with van der Waals surface area (Å²) in [7, 11) is 5.43. The lowest BCUT2D eigenvalue weighted by atomic mass is 10.0. The maximum absolute atomic E-state index is 14.8. The molecule has 1 amide bonds. The fourth-order valence-corrected chi connectivity index (χ4v) is 6.64. The predicted octanol–water partition coefficient (Wildman–Crippen LogP) is 5.28. The van der Waals surface area contributed by atoms with Crippen LogP contribution in [-0.4, -0.2) is 90.9 Å². The van der Waals surface area contributed by atoms with E-state index in [1.807, 2.05) is 47.9 Å². The Morgan fingerprint density at radius 1 is 1.19 bits per heavy atom. The fraction of sp³-hybridized carbons (Fsp3) is 0.457. The molecule has 2 N–H and O–H groups in total. The fourth-order valence-electron chi connectivity index (χ4n) is 6.64. The van der Waals surface area contributed by atoms with Crippen LogP contribution in [0, 0.1) is 6.92 Å². The molecule has 1 aromatic carbocycles. The Kier molecular flexibility index (Phi) is 8.99. The Hall–Kier alpha value is -4.78. The SMILES string of the molecule is C=CC(=O)Nc1cc(Nc2ncc(C(=O)OC(C)C)c(N3CC4(CC4)c4nc(C)ccc43)n2)c(OC)cc1N1C[C@@H](F)C[C@@H]1CN(C)C. The maximum Gasteiger partial charge on any atom is 0.343 e. The molecule has 1 spiro atoms. The van der Waals surface area contributed by atoms with Gasteiger partial charge >= 0.3 is 5.97 Å². The second kappa shape index (κ2) is 13.0. The highest BCUT2D eigenvalue weighted by atomic mass is 19.1. The Balaban J connectivity index is 1.41. The number of rotatable bonds is 11. The second-order valence-electron chi connectivity index (χ2n) is 13.4. The van der Waals surface area contributed by atoms with Gasteiger partial charge in [-0.15, -0.1) is 0 Å². The molecule has 2 aliphatic heterocycles. The molecule has 254 valence electrons.